The highest BCUT2D eigenvalue weighted by Crippen LogP contribution is 2.13. The number of amides is 2. The maximum atomic E-state index is 11.9. The van der Waals surface area contributed by atoms with Crippen LogP contribution in [0.4, 0.5) is 0 Å². The average Bonchev–Trinajstić information content (AvgIpc) is 2.34. The molecule has 0 aliphatic carbocycles. The van der Waals surface area contributed by atoms with Gasteiger partial charge in [-0.05, 0) is 34.1 Å². The second kappa shape index (κ2) is 8.15. The lowest BCUT2D eigenvalue weighted by atomic mass is 9.92. The van der Waals surface area contributed by atoms with E-state index in [1.807, 2.05) is 27.7 Å². The Bertz CT molecular complexity index is 303. The molecule has 0 saturated heterocycles. The molecule has 0 rings (SSSR count). The van der Waals surface area contributed by atoms with Crippen LogP contribution < -0.4 is 16.0 Å². The summed E-state index contributed by atoms with van der Waals surface area (Å²) >= 11 is 0. The molecular weight excluding hydrogens is 242 g/mol. The molecule has 0 radical (unpaired) electrons. The summed E-state index contributed by atoms with van der Waals surface area (Å²) in [5.41, 5.74) is -0.529. The van der Waals surface area contributed by atoms with Crippen molar-refractivity contribution in [3.63, 3.8) is 0 Å². The van der Waals surface area contributed by atoms with Gasteiger partial charge in [-0.15, -0.1) is 0 Å². The van der Waals surface area contributed by atoms with E-state index in [9.17, 15) is 9.59 Å². The summed E-state index contributed by atoms with van der Waals surface area (Å²) in [7, 11) is 1.62. The molecular formula is C14H29N3O2. The molecule has 112 valence electrons. The summed E-state index contributed by atoms with van der Waals surface area (Å²) in [4.78, 5) is 23.5. The molecule has 19 heavy (non-hydrogen) atoms. The van der Waals surface area contributed by atoms with Crippen molar-refractivity contribution >= 4 is 11.8 Å². The number of rotatable bonds is 8. The molecule has 0 aromatic carbocycles. The third-order valence-corrected chi connectivity index (χ3v) is 3.20. The van der Waals surface area contributed by atoms with Crippen LogP contribution in [0, 0.1) is 5.41 Å². The topological polar surface area (TPSA) is 70.2 Å². The molecule has 0 saturated carbocycles. The molecule has 2 amide bonds. The van der Waals surface area contributed by atoms with Crippen molar-refractivity contribution in [3.8, 4) is 0 Å². The SMILES string of the molecule is CCCC(C)NC(=O)C(C)NCC(C)(C)C(=O)NC. The first-order valence-corrected chi connectivity index (χ1v) is 7.00. The molecule has 5 nitrogen and oxygen atoms in total. The number of hydrogen-bond acceptors (Lipinski definition) is 3. The maximum Gasteiger partial charge on any atom is 0.237 e. The lowest BCUT2D eigenvalue weighted by Crippen LogP contribution is -2.50. The van der Waals surface area contributed by atoms with Gasteiger partial charge in [0, 0.05) is 19.6 Å². The Morgan fingerprint density at radius 3 is 2.26 bits per heavy atom. The van der Waals surface area contributed by atoms with E-state index in [1.54, 1.807) is 7.05 Å². The lowest BCUT2D eigenvalue weighted by molar-refractivity contribution is -0.129. The van der Waals surface area contributed by atoms with Gasteiger partial charge in [-0.25, -0.2) is 0 Å². The Balaban J connectivity index is 4.20. The van der Waals surface area contributed by atoms with Gasteiger partial charge >= 0.3 is 0 Å². The second-order valence-electron chi connectivity index (χ2n) is 5.76. The van der Waals surface area contributed by atoms with Crippen molar-refractivity contribution in [3.05, 3.63) is 0 Å². The fourth-order valence-electron chi connectivity index (χ4n) is 1.79. The predicted octanol–water partition coefficient (Wildman–Crippen LogP) is 1.04. The molecule has 3 N–H and O–H groups in total. The van der Waals surface area contributed by atoms with Crippen LogP contribution in [0.3, 0.4) is 0 Å². The van der Waals surface area contributed by atoms with Gasteiger partial charge in [-0.2, -0.15) is 0 Å². The van der Waals surface area contributed by atoms with Crippen molar-refractivity contribution < 1.29 is 9.59 Å². The van der Waals surface area contributed by atoms with Gasteiger partial charge in [0.1, 0.15) is 0 Å². The summed E-state index contributed by atoms with van der Waals surface area (Å²) in [6.07, 6.45) is 2.02. The zero-order valence-electron chi connectivity index (χ0n) is 13.1. The van der Waals surface area contributed by atoms with Crippen molar-refractivity contribution in [2.24, 2.45) is 5.41 Å². The van der Waals surface area contributed by atoms with Gasteiger partial charge in [0.15, 0.2) is 0 Å². The average molecular weight is 271 g/mol. The highest BCUT2D eigenvalue weighted by atomic mass is 16.2. The lowest BCUT2D eigenvalue weighted by Gasteiger charge is -2.25. The van der Waals surface area contributed by atoms with Gasteiger partial charge < -0.3 is 16.0 Å². The van der Waals surface area contributed by atoms with Crippen LogP contribution in [0.15, 0.2) is 0 Å². The first-order chi connectivity index (χ1) is 8.74. The van der Waals surface area contributed by atoms with Gasteiger partial charge in [0.05, 0.1) is 11.5 Å². The van der Waals surface area contributed by atoms with Crippen LogP contribution in [0.1, 0.15) is 47.5 Å². The van der Waals surface area contributed by atoms with E-state index in [0.717, 1.165) is 12.8 Å². The molecule has 0 aliphatic heterocycles. The largest absolute Gasteiger partial charge is 0.359 e. The zero-order chi connectivity index (χ0) is 15.1. The van der Waals surface area contributed by atoms with E-state index in [2.05, 4.69) is 22.9 Å². The number of carbonyl (C=O) groups is 2. The smallest absolute Gasteiger partial charge is 0.237 e. The fourth-order valence-corrected chi connectivity index (χ4v) is 1.79. The van der Waals surface area contributed by atoms with E-state index in [4.69, 9.17) is 0 Å². The third-order valence-electron chi connectivity index (χ3n) is 3.20. The second-order valence-corrected chi connectivity index (χ2v) is 5.76. The van der Waals surface area contributed by atoms with Crippen molar-refractivity contribution in [2.75, 3.05) is 13.6 Å². The van der Waals surface area contributed by atoms with Gasteiger partial charge in [0.25, 0.3) is 0 Å². The number of hydrogen-bond donors (Lipinski definition) is 3. The van der Waals surface area contributed by atoms with Crippen LogP contribution in [0.5, 0.6) is 0 Å². The number of carbonyl (C=O) groups excluding carboxylic acids is 2. The Hall–Kier alpha value is -1.10. The Morgan fingerprint density at radius 1 is 1.21 bits per heavy atom. The minimum Gasteiger partial charge on any atom is -0.359 e. The van der Waals surface area contributed by atoms with Gasteiger partial charge in [0.2, 0.25) is 11.8 Å². The minimum atomic E-state index is -0.529. The first-order valence-electron chi connectivity index (χ1n) is 7.00. The standard InChI is InChI=1S/C14H29N3O2/c1-7-8-10(2)17-12(18)11(3)16-9-14(4,5)13(19)15-6/h10-11,16H,7-9H2,1-6H3,(H,15,19)(H,17,18). The third kappa shape index (κ3) is 6.57. The van der Waals surface area contributed by atoms with Crippen LogP contribution in [-0.4, -0.2) is 37.5 Å². The summed E-state index contributed by atoms with van der Waals surface area (Å²) in [6, 6.07) is -0.114. The highest BCUT2D eigenvalue weighted by molar-refractivity contribution is 5.83. The zero-order valence-corrected chi connectivity index (χ0v) is 13.1. The van der Waals surface area contributed by atoms with Crippen LogP contribution in [-0.2, 0) is 9.59 Å². The molecule has 0 spiro atoms. The van der Waals surface area contributed by atoms with Crippen molar-refractivity contribution in [1.29, 1.82) is 0 Å². The maximum absolute atomic E-state index is 11.9. The minimum absolute atomic E-state index is 0.0198. The Labute approximate surface area is 116 Å². The molecule has 0 aromatic heterocycles. The van der Waals surface area contributed by atoms with Crippen molar-refractivity contribution in [1.82, 2.24) is 16.0 Å². The Morgan fingerprint density at radius 2 is 1.79 bits per heavy atom. The normalized spacial score (nSPS) is 14.6. The molecule has 2 unspecified atom stereocenters. The molecule has 0 heterocycles. The quantitative estimate of drug-likeness (QED) is 0.618. The van der Waals surface area contributed by atoms with E-state index >= 15 is 0 Å². The van der Waals surface area contributed by atoms with Gasteiger partial charge in [-0.1, -0.05) is 13.3 Å². The van der Waals surface area contributed by atoms with E-state index < -0.39 is 5.41 Å². The van der Waals surface area contributed by atoms with Crippen molar-refractivity contribution in [2.45, 2.75) is 59.5 Å². The summed E-state index contributed by atoms with van der Waals surface area (Å²) in [5.74, 6) is -0.0550. The van der Waals surface area contributed by atoms with E-state index in [-0.39, 0.29) is 23.9 Å². The highest BCUT2D eigenvalue weighted by Gasteiger charge is 2.27. The number of nitrogens with one attached hydrogen (secondary N) is 3. The molecule has 5 heteroatoms. The summed E-state index contributed by atoms with van der Waals surface area (Å²) in [5, 5.41) is 8.70. The van der Waals surface area contributed by atoms with E-state index in [0.29, 0.717) is 6.54 Å². The van der Waals surface area contributed by atoms with Crippen LogP contribution in [0.2, 0.25) is 0 Å². The summed E-state index contributed by atoms with van der Waals surface area (Å²) in [6.45, 7) is 10.1. The molecule has 0 aliphatic rings. The predicted molar refractivity (Wildman–Crippen MR) is 77.8 cm³/mol. The first kappa shape index (κ1) is 17.9. The van der Waals surface area contributed by atoms with Crippen LogP contribution >= 0.6 is 0 Å². The van der Waals surface area contributed by atoms with Crippen LogP contribution in [0.25, 0.3) is 0 Å². The monoisotopic (exact) mass is 271 g/mol. The molecule has 0 fully saturated rings. The summed E-state index contributed by atoms with van der Waals surface area (Å²) < 4.78 is 0. The Kier molecular flexibility index (Phi) is 7.68. The van der Waals surface area contributed by atoms with E-state index in [1.165, 1.54) is 0 Å². The van der Waals surface area contributed by atoms with Gasteiger partial charge in [-0.3, -0.25) is 9.59 Å². The fraction of sp³-hybridized carbons (Fsp3) is 0.857. The molecule has 0 bridgehead atoms. The molecule has 0 aromatic rings. The molecule has 2 atom stereocenters.